The quantitative estimate of drug-likeness (QED) is 0.228. The molecule has 0 bridgehead atoms. The van der Waals surface area contributed by atoms with Gasteiger partial charge in [-0.2, -0.15) is 0 Å². The molecule has 7 heteroatoms. The molecule has 0 fully saturated rings. The van der Waals surface area contributed by atoms with Gasteiger partial charge in [0.1, 0.15) is 17.2 Å². The van der Waals surface area contributed by atoms with E-state index in [0.29, 0.717) is 28.3 Å². The zero-order valence-corrected chi connectivity index (χ0v) is 26.3. The molecule has 5 nitrogen and oxygen atoms in total. The molecular formula is C31H42N2O3Si2. The molecule has 38 heavy (non-hydrogen) atoms. The Hall–Kier alpha value is -3.17. The molecule has 3 aromatic carbocycles. The van der Waals surface area contributed by atoms with Crippen LogP contribution in [-0.4, -0.2) is 45.9 Å². The molecule has 0 unspecified atom stereocenters. The van der Waals surface area contributed by atoms with Crippen molar-refractivity contribution in [2.45, 2.75) is 66.0 Å². The van der Waals surface area contributed by atoms with Gasteiger partial charge in [0.2, 0.25) is 0 Å². The van der Waals surface area contributed by atoms with E-state index in [4.69, 9.17) is 14.7 Å². The van der Waals surface area contributed by atoms with Crippen LogP contribution in [0, 0.1) is 0 Å². The van der Waals surface area contributed by atoms with Crippen LogP contribution in [0.25, 0.3) is 0 Å². The van der Waals surface area contributed by atoms with E-state index in [-0.39, 0.29) is 11.5 Å². The van der Waals surface area contributed by atoms with Gasteiger partial charge in [-0.25, -0.2) is 0 Å². The predicted molar refractivity (Wildman–Crippen MR) is 168 cm³/mol. The molecule has 0 aliphatic heterocycles. The maximum atomic E-state index is 10.9. The Labute approximate surface area is 230 Å². The van der Waals surface area contributed by atoms with Crippen molar-refractivity contribution in [3.05, 3.63) is 64.7 Å². The molecule has 0 spiro atoms. The SMILES string of the molecule is CCc1cc([Si](C)(C)C)cc(C=Nc2ccc(OC)cc2N=Cc2cc([Si](C)(C)C)cc(CC)c2O)c1O. The number of rotatable bonds is 9. The van der Waals surface area contributed by atoms with Gasteiger partial charge in [0.05, 0.1) is 34.6 Å². The standard InChI is InChI=1S/C31H42N2O3Si2/c1-10-21-14-26(37(4,5)6)16-23(30(21)34)19-32-28-13-12-25(36-3)18-29(28)33-20-24-17-27(38(7,8)9)15-22(11-2)31(24)35/h12-20,34-35H,10-11H2,1-9H3. The summed E-state index contributed by atoms with van der Waals surface area (Å²) in [7, 11) is -1.55. The summed E-state index contributed by atoms with van der Waals surface area (Å²) in [5.74, 6) is 1.21. The van der Waals surface area contributed by atoms with Crippen LogP contribution in [0.2, 0.25) is 39.3 Å². The highest BCUT2D eigenvalue weighted by atomic mass is 28.3. The lowest BCUT2D eigenvalue weighted by molar-refractivity contribution is 0.415. The summed E-state index contributed by atoms with van der Waals surface area (Å²) >= 11 is 0. The molecule has 0 heterocycles. The van der Waals surface area contributed by atoms with E-state index in [0.717, 1.165) is 24.0 Å². The van der Waals surface area contributed by atoms with Crippen molar-refractivity contribution in [1.82, 2.24) is 0 Å². The minimum absolute atomic E-state index is 0.270. The number of phenolic OH excluding ortho intramolecular Hbond substituents is 2. The van der Waals surface area contributed by atoms with E-state index < -0.39 is 16.1 Å². The van der Waals surface area contributed by atoms with Crippen LogP contribution in [0.1, 0.15) is 36.1 Å². The molecule has 0 atom stereocenters. The van der Waals surface area contributed by atoms with Crippen molar-refractivity contribution in [3.63, 3.8) is 0 Å². The molecule has 0 amide bonds. The first-order valence-corrected chi connectivity index (χ1v) is 20.3. The molecule has 3 rings (SSSR count). The van der Waals surface area contributed by atoms with E-state index in [9.17, 15) is 10.2 Å². The van der Waals surface area contributed by atoms with Crippen LogP contribution in [0.15, 0.2) is 52.4 Å². The molecule has 0 saturated heterocycles. The van der Waals surface area contributed by atoms with E-state index in [2.05, 4.69) is 77.4 Å². The molecular weight excluding hydrogens is 505 g/mol. The van der Waals surface area contributed by atoms with Gasteiger partial charge in [-0.05, 0) is 36.1 Å². The number of aliphatic imine (C=N–C) groups is 2. The Morgan fingerprint density at radius 2 is 1.13 bits per heavy atom. The second-order valence-corrected chi connectivity index (χ2v) is 21.9. The third-order valence-corrected chi connectivity index (χ3v) is 10.8. The number of aromatic hydroxyl groups is 2. The number of hydrogen-bond donors (Lipinski definition) is 2. The normalized spacial score (nSPS) is 12.6. The number of nitrogens with zero attached hydrogens (tertiary/aromatic N) is 2. The first-order chi connectivity index (χ1) is 17.8. The lowest BCUT2D eigenvalue weighted by Gasteiger charge is -2.19. The van der Waals surface area contributed by atoms with Gasteiger partial charge >= 0.3 is 0 Å². The molecule has 0 radical (unpaired) electrons. The van der Waals surface area contributed by atoms with Crippen LogP contribution in [0.5, 0.6) is 17.2 Å². The average molecular weight is 547 g/mol. The summed E-state index contributed by atoms with van der Waals surface area (Å²) in [5, 5.41) is 24.3. The van der Waals surface area contributed by atoms with Crippen LogP contribution >= 0.6 is 0 Å². The van der Waals surface area contributed by atoms with Crippen molar-refractivity contribution in [2.24, 2.45) is 9.98 Å². The molecule has 2 N–H and O–H groups in total. The number of ether oxygens (including phenoxy) is 1. The predicted octanol–water partition coefficient (Wildman–Crippen LogP) is 6.82. The minimum Gasteiger partial charge on any atom is -0.507 e. The number of methoxy groups -OCH3 is 1. The fourth-order valence-electron chi connectivity index (χ4n) is 4.16. The summed E-state index contributed by atoms with van der Waals surface area (Å²) in [5.41, 5.74) is 4.54. The van der Waals surface area contributed by atoms with Crippen molar-refractivity contribution in [3.8, 4) is 17.2 Å². The lowest BCUT2D eigenvalue weighted by atomic mass is 10.1. The number of benzene rings is 3. The van der Waals surface area contributed by atoms with E-state index in [1.807, 2.05) is 18.2 Å². The van der Waals surface area contributed by atoms with Gasteiger partial charge in [-0.15, -0.1) is 0 Å². The van der Waals surface area contributed by atoms with Crippen LogP contribution < -0.4 is 15.1 Å². The molecule has 3 aromatic rings. The zero-order valence-electron chi connectivity index (χ0n) is 24.3. The van der Waals surface area contributed by atoms with E-state index in [1.54, 1.807) is 19.5 Å². The van der Waals surface area contributed by atoms with Crippen molar-refractivity contribution >= 4 is 50.3 Å². The number of hydrogen-bond acceptors (Lipinski definition) is 5. The average Bonchev–Trinajstić information content (AvgIpc) is 2.86. The van der Waals surface area contributed by atoms with Crippen LogP contribution in [0.3, 0.4) is 0 Å². The van der Waals surface area contributed by atoms with Gasteiger partial charge in [-0.1, -0.05) is 87.8 Å². The van der Waals surface area contributed by atoms with E-state index >= 15 is 0 Å². The highest BCUT2D eigenvalue weighted by molar-refractivity contribution is 6.89. The first kappa shape index (κ1) is 29.4. The Balaban J connectivity index is 2.09. The lowest BCUT2D eigenvalue weighted by Crippen LogP contribution is -2.38. The number of aryl methyl sites for hydroxylation is 2. The zero-order chi connectivity index (χ0) is 28.3. The molecule has 0 aromatic heterocycles. The second-order valence-electron chi connectivity index (χ2n) is 11.7. The molecule has 202 valence electrons. The second kappa shape index (κ2) is 11.7. The first-order valence-electron chi connectivity index (χ1n) is 13.3. The molecule has 0 aliphatic rings. The summed E-state index contributed by atoms with van der Waals surface area (Å²) in [4.78, 5) is 9.49. The minimum atomic E-state index is -1.59. The Kier molecular flexibility index (Phi) is 9.05. The summed E-state index contributed by atoms with van der Waals surface area (Å²) in [6, 6.07) is 13.9. The summed E-state index contributed by atoms with van der Waals surface area (Å²) in [6.45, 7) is 17.9. The molecule has 0 saturated carbocycles. The van der Waals surface area contributed by atoms with Gasteiger partial charge in [0.25, 0.3) is 0 Å². The fraction of sp³-hybridized carbons (Fsp3) is 0.355. The van der Waals surface area contributed by atoms with Crippen molar-refractivity contribution < 1.29 is 14.9 Å². The third kappa shape index (κ3) is 6.82. The summed E-state index contributed by atoms with van der Waals surface area (Å²) < 4.78 is 5.45. The van der Waals surface area contributed by atoms with Crippen molar-refractivity contribution in [1.29, 1.82) is 0 Å². The Bertz CT molecular complexity index is 1370. The Morgan fingerprint density at radius 3 is 1.53 bits per heavy atom. The Morgan fingerprint density at radius 1 is 0.684 bits per heavy atom. The maximum absolute atomic E-state index is 10.9. The smallest absolute Gasteiger partial charge is 0.127 e. The van der Waals surface area contributed by atoms with E-state index in [1.165, 1.54) is 10.4 Å². The topological polar surface area (TPSA) is 74.4 Å². The van der Waals surface area contributed by atoms with Gasteiger partial charge < -0.3 is 14.9 Å². The van der Waals surface area contributed by atoms with Gasteiger partial charge in [0, 0.05) is 29.6 Å². The third-order valence-electron chi connectivity index (χ3n) is 6.80. The van der Waals surface area contributed by atoms with Gasteiger partial charge in [-0.3, -0.25) is 9.98 Å². The maximum Gasteiger partial charge on any atom is 0.127 e. The highest BCUT2D eigenvalue weighted by Gasteiger charge is 2.21. The largest absolute Gasteiger partial charge is 0.507 e. The monoisotopic (exact) mass is 546 g/mol. The van der Waals surface area contributed by atoms with Gasteiger partial charge in [0.15, 0.2) is 0 Å². The summed E-state index contributed by atoms with van der Waals surface area (Å²) in [6.07, 6.45) is 4.93. The van der Waals surface area contributed by atoms with Crippen LogP contribution in [0.4, 0.5) is 11.4 Å². The van der Waals surface area contributed by atoms with Crippen molar-refractivity contribution in [2.75, 3.05) is 7.11 Å². The molecule has 0 aliphatic carbocycles. The number of phenols is 2. The van der Waals surface area contributed by atoms with Crippen LogP contribution in [-0.2, 0) is 12.8 Å². The fourth-order valence-corrected chi connectivity index (χ4v) is 6.55. The highest BCUT2D eigenvalue weighted by Crippen LogP contribution is 2.33.